The van der Waals surface area contributed by atoms with Crippen molar-refractivity contribution < 1.29 is 23.9 Å². The maximum absolute atomic E-state index is 12.8. The van der Waals surface area contributed by atoms with Crippen molar-refractivity contribution in [3.63, 3.8) is 0 Å². The van der Waals surface area contributed by atoms with E-state index in [0.717, 1.165) is 29.7 Å². The molecule has 1 aromatic carbocycles. The Bertz CT molecular complexity index is 873. The molecular formula is C21H23ClN2O5. The Morgan fingerprint density at radius 1 is 1.21 bits per heavy atom. The van der Waals surface area contributed by atoms with Crippen molar-refractivity contribution in [3.8, 4) is 0 Å². The number of carbonyl (C=O) groups is 4. The fourth-order valence-corrected chi connectivity index (χ4v) is 5.26. The van der Waals surface area contributed by atoms with Gasteiger partial charge in [-0.2, -0.15) is 0 Å². The summed E-state index contributed by atoms with van der Waals surface area (Å²) in [5.41, 5.74) is 1.34. The second-order valence-electron chi connectivity index (χ2n) is 8.22. The summed E-state index contributed by atoms with van der Waals surface area (Å²) in [7, 11) is 0. The van der Waals surface area contributed by atoms with Crippen LogP contribution in [0.4, 0.5) is 5.69 Å². The zero-order chi connectivity index (χ0) is 20.9. The average molecular weight is 419 g/mol. The van der Waals surface area contributed by atoms with Crippen molar-refractivity contribution in [1.82, 2.24) is 4.90 Å². The molecule has 1 saturated heterocycles. The Balaban J connectivity index is 1.35. The number of ether oxygens (including phenoxy) is 1. The number of amides is 3. The van der Waals surface area contributed by atoms with E-state index in [1.165, 1.54) is 6.92 Å². The highest BCUT2D eigenvalue weighted by Crippen LogP contribution is 2.56. The van der Waals surface area contributed by atoms with E-state index < -0.39 is 24.5 Å². The molecule has 2 aliphatic carbocycles. The van der Waals surface area contributed by atoms with Gasteiger partial charge in [-0.15, -0.1) is 0 Å². The lowest BCUT2D eigenvalue weighted by Crippen LogP contribution is -2.45. The van der Waals surface area contributed by atoms with Crippen molar-refractivity contribution >= 4 is 41.0 Å². The minimum absolute atomic E-state index is 0.251. The summed E-state index contributed by atoms with van der Waals surface area (Å²) in [6.07, 6.45) is 2.88. The van der Waals surface area contributed by atoms with Crippen LogP contribution >= 0.6 is 11.6 Å². The van der Waals surface area contributed by atoms with Gasteiger partial charge in [-0.05, 0) is 62.6 Å². The van der Waals surface area contributed by atoms with E-state index in [9.17, 15) is 19.2 Å². The maximum atomic E-state index is 12.8. The van der Waals surface area contributed by atoms with Gasteiger partial charge in [-0.1, -0.05) is 17.7 Å². The fraction of sp³-hybridized carbons (Fsp3) is 0.524. The second kappa shape index (κ2) is 7.44. The third kappa shape index (κ3) is 3.41. The Labute approximate surface area is 173 Å². The number of carbonyl (C=O) groups excluding carboxylic acids is 4. The van der Waals surface area contributed by atoms with Gasteiger partial charge in [0, 0.05) is 10.7 Å². The van der Waals surface area contributed by atoms with Gasteiger partial charge in [0.1, 0.15) is 6.04 Å². The molecule has 1 heterocycles. The first-order valence-corrected chi connectivity index (χ1v) is 10.2. The number of imide groups is 1. The van der Waals surface area contributed by atoms with Crippen LogP contribution in [0.2, 0.25) is 5.02 Å². The molecule has 8 heteroatoms. The molecule has 0 spiro atoms. The molecule has 3 aliphatic rings. The summed E-state index contributed by atoms with van der Waals surface area (Å²) in [5.74, 6) is -1.90. The predicted octanol–water partition coefficient (Wildman–Crippen LogP) is 2.55. The highest BCUT2D eigenvalue weighted by Gasteiger charge is 2.62. The number of nitrogens with zero attached hydrogens (tertiary/aromatic N) is 1. The van der Waals surface area contributed by atoms with E-state index in [4.69, 9.17) is 16.3 Å². The molecule has 2 bridgehead atoms. The second-order valence-corrected chi connectivity index (χ2v) is 8.66. The highest BCUT2D eigenvalue weighted by atomic mass is 35.5. The van der Waals surface area contributed by atoms with Gasteiger partial charge >= 0.3 is 5.97 Å². The van der Waals surface area contributed by atoms with Crippen LogP contribution in [0.3, 0.4) is 0 Å². The molecule has 3 fully saturated rings. The standard InChI is InChI=1S/C21H23ClN2O5/c1-10-3-6-14(22)8-15(10)23-16(25)9-29-21(28)11(2)24-19(26)17-12-4-5-13(7-12)18(17)20(24)27/h3,6,8,11-13,17-18H,4-5,7,9H2,1-2H3,(H,23,25)/t11-,12-,13-,17+,18+/m1/s1. The molecule has 0 aromatic heterocycles. The van der Waals surface area contributed by atoms with Crippen molar-refractivity contribution in [2.45, 2.75) is 39.2 Å². The molecule has 1 N–H and O–H groups in total. The van der Waals surface area contributed by atoms with E-state index in [1.54, 1.807) is 18.2 Å². The largest absolute Gasteiger partial charge is 0.454 e. The lowest BCUT2D eigenvalue weighted by atomic mass is 9.81. The SMILES string of the molecule is Cc1ccc(Cl)cc1NC(=O)COC(=O)[C@@H](C)N1C(=O)[C@H]2[C@@H]3CC[C@H](C3)[C@@H]2C1=O. The summed E-state index contributed by atoms with van der Waals surface area (Å²) < 4.78 is 5.08. The molecule has 154 valence electrons. The Morgan fingerprint density at radius 3 is 2.45 bits per heavy atom. The zero-order valence-corrected chi connectivity index (χ0v) is 17.1. The first-order valence-electron chi connectivity index (χ1n) is 9.87. The lowest BCUT2D eigenvalue weighted by molar-refractivity contribution is -0.159. The van der Waals surface area contributed by atoms with Gasteiger partial charge in [0.15, 0.2) is 6.61 Å². The van der Waals surface area contributed by atoms with Crippen molar-refractivity contribution in [3.05, 3.63) is 28.8 Å². The van der Waals surface area contributed by atoms with E-state index in [2.05, 4.69) is 5.32 Å². The summed E-state index contributed by atoms with van der Waals surface area (Å²) in [6, 6.07) is 4.04. The Hall–Kier alpha value is -2.41. The van der Waals surface area contributed by atoms with Gasteiger partial charge < -0.3 is 10.1 Å². The zero-order valence-electron chi connectivity index (χ0n) is 16.3. The minimum atomic E-state index is -1.04. The first kappa shape index (κ1) is 19.9. The summed E-state index contributed by atoms with van der Waals surface area (Å²) in [6.45, 7) is 2.78. The molecule has 4 rings (SSSR count). The smallest absolute Gasteiger partial charge is 0.329 e. The molecule has 3 amide bonds. The number of nitrogens with one attached hydrogen (secondary N) is 1. The minimum Gasteiger partial charge on any atom is -0.454 e. The summed E-state index contributed by atoms with van der Waals surface area (Å²) in [4.78, 5) is 51.2. The normalized spacial score (nSPS) is 28.4. The highest BCUT2D eigenvalue weighted by molar-refractivity contribution is 6.31. The predicted molar refractivity (Wildman–Crippen MR) is 105 cm³/mol. The Kier molecular flexibility index (Phi) is 5.11. The number of fused-ring (bicyclic) bond motifs is 5. The van der Waals surface area contributed by atoms with Crippen LogP contribution in [0.5, 0.6) is 0 Å². The Morgan fingerprint density at radius 2 is 1.83 bits per heavy atom. The summed E-state index contributed by atoms with van der Waals surface area (Å²) in [5, 5.41) is 3.11. The fourth-order valence-electron chi connectivity index (χ4n) is 5.09. The number of benzene rings is 1. The van der Waals surface area contributed by atoms with Crippen molar-refractivity contribution in [2.24, 2.45) is 23.7 Å². The maximum Gasteiger partial charge on any atom is 0.329 e. The number of aryl methyl sites for hydroxylation is 1. The third-order valence-corrected chi connectivity index (χ3v) is 6.74. The molecule has 0 radical (unpaired) electrons. The van der Waals surface area contributed by atoms with Crippen LogP contribution in [0.15, 0.2) is 18.2 Å². The molecule has 5 atom stereocenters. The van der Waals surface area contributed by atoms with Gasteiger partial charge in [0.2, 0.25) is 11.8 Å². The number of hydrogen-bond donors (Lipinski definition) is 1. The number of hydrogen-bond acceptors (Lipinski definition) is 5. The van der Waals surface area contributed by atoms with Crippen molar-refractivity contribution in [1.29, 1.82) is 0 Å². The van der Waals surface area contributed by atoms with Crippen LogP contribution in [0.25, 0.3) is 0 Å². The molecule has 7 nitrogen and oxygen atoms in total. The molecular weight excluding hydrogens is 396 g/mol. The van der Waals surface area contributed by atoms with Crippen LogP contribution in [0.1, 0.15) is 31.7 Å². The number of anilines is 1. The van der Waals surface area contributed by atoms with Gasteiger partial charge in [0.05, 0.1) is 11.8 Å². The van der Waals surface area contributed by atoms with E-state index >= 15 is 0 Å². The number of likely N-dealkylation sites (tertiary alicyclic amines) is 1. The summed E-state index contributed by atoms with van der Waals surface area (Å²) >= 11 is 5.93. The van der Waals surface area contributed by atoms with Gasteiger partial charge in [-0.3, -0.25) is 19.3 Å². The lowest BCUT2D eigenvalue weighted by Gasteiger charge is -2.23. The molecule has 29 heavy (non-hydrogen) atoms. The third-order valence-electron chi connectivity index (χ3n) is 6.51. The quantitative estimate of drug-likeness (QED) is 0.586. The molecule has 1 aromatic rings. The van der Waals surface area contributed by atoms with Gasteiger partial charge in [-0.25, -0.2) is 4.79 Å². The number of esters is 1. The van der Waals surface area contributed by atoms with Crippen LogP contribution in [-0.2, 0) is 23.9 Å². The monoisotopic (exact) mass is 418 g/mol. The van der Waals surface area contributed by atoms with Crippen LogP contribution < -0.4 is 5.32 Å². The van der Waals surface area contributed by atoms with Crippen LogP contribution in [0, 0.1) is 30.6 Å². The molecule has 2 saturated carbocycles. The average Bonchev–Trinajstić information content (AvgIpc) is 3.36. The number of rotatable bonds is 5. The van der Waals surface area contributed by atoms with Crippen molar-refractivity contribution in [2.75, 3.05) is 11.9 Å². The first-order chi connectivity index (χ1) is 13.8. The van der Waals surface area contributed by atoms with E-state index in [1.807, 2.05) is 6.92 Å². The molecule has 0 unspecified atom stereocenters. The van der Waals surface area contributed by atoms with E-state index in [0.29, 0.717) is 10.7 Å². The topological polar surface area (TPSA) is 92.8 Å². The molecule has 1 aliphatic heterocycles. The van der Waals surface area contributed by atoms with Crippen LogP contribution in [-0.4, -0.2) is 41.2 Å². The van der Waals surface area contributed by atoms with E-state index in [-0.39, 0.29) is 35.5 Å². The van der Waals surface area contributed by atoms with Gasteiger partial charge in [0.25, 0.3) is 5.91 Å². The number of halogens is 1.